The predicted molar refractivity (Wildman–Crippen MR) is 110 cm³/mol. The number of allylic oxidation sites excluding steroid dienone is 2. The van der Waals surface area contributed by atoms with Gasteiger partial charge in [-0.05, 0) is 53.5 Å². The molecule has 0 aliphatic carbocycles. The van der Waals surface area contributed by atoms with Crippen molar-refractivity contribution in [1.29, 1.82) is 0 Å². The Bertz CT molecular complexity index is 1050. The third-order valence-corrected chi connectivity index (χ3v) is 6.03. The van der Waals surface area contributed by atoms with Crippen molar-refractivity contribution in [3.8, 4) is 0 Å². The standard InChI is InChI=1S/C20H18BrF3N2OS/c1-12(2)6-7-26-16(9-17-18(26)15(21)11-28-17)19(27)25-10-13-4-3-5-14(8-13)20(22,23)24/h3-6,8-9,11H,7,10H2,1-2H3,(H,25,27). The Morgan fingerprint density at radius 3 is 2.71 bits per heavy atom. The second-order valence-corrected chi connectivity index (χ2v) is 8.36. The van der Waals surface area contributed by atoms with Crippen molar-refractivity contribution < 1.29 is 18.0 Å². The van der Waals surface area contributed by atoms with E-state index in [0.29, 0.717) is 17.8 Å². The number of carbonyl (C=O) groups is 1. The van der Waals surface area contributed by atoms with E-state index in [1.165, 1.54) is 17.4 Å². The average Bonchev–Trinajstić information content (AvgIpc) is 3.17. The molecule has 28 heavy (non-hydrogen) atoms. The second-order valence-electron chi connectivity index (χ2n) is 6.60. The molecule has 0 spiro atoms. The molecule has 0 aliphatic rings. The maximum Gasteiger partial charge on any atom is 0.416 e. The summed E-state index contributed by atoms with van der Waals surface area (Å²) in [6.45, 7) is 4.52. The molecule has 1 amide bonds. The van der Waals surface area contributed by atoms with Crippen LogP contribution in [0.4, 0.5) is 13.2 Å². The Hall–Kier alpha value is -2.06. The van der Waals surface area contributed by atoms with E-state index in [4.69, 9.17) is 0 Å². The van der Waals surface area contributed by atoms with E-state index in [1.807, 2.05) is 35.9 Å². The summed E-state index contributed by atoms with van der Waals surface area (Å²) in [5, 5.41) is 4.70. The third kappa shape index (κ3) is 4.50. The van der Waals surface area contributed by atoms with Gasteiger partial charge in [-0.2, -0.15) is 13.2 Å². The zero-order valence-electron chi connectivity index (χ0n) is 15.2. The highest BCUT2D eigenvalue weighted by atomic mass is 79.9. The van der Waals surface area contributed by atoms with E-state index >= 15 is 0 Å². The molecule has 0 saturated carbocycles. The Morgan fingerprint density at radius 2 is 2.04 bits per heavy atom. The number of benzene rings is 1. The SMILES string of the molecule is CC(C)=CCn1c(C(=O)NCc2cccc(C(F)(F)F)c2)cc2scc(Br)c21. The molecule has 0 aliphatic heterocycles. The van der Waals surface area contributed by atoms with Gasteiger partial charge in [0.15, 0.2) is 0 Å². The first kappa shape index (κ1) is 20.7. The zero-order valence-corrected chi connectivity index (χ0v) is 17.6. The lowest BCUT2D eigenvalue weighted by Crippen LogP contribution is -2.25. The molecule has 0 atom stereocenters. The Labute approximate surface area is 173 Å². The van der Waals surface area contributed by atoms with E-state index in [9.17, 15) is 18.0 Å². The number of amides is 1. The van der Waals surface area contributed by atoms with Crippen molar-refractivity contribution in [1.82, 2.24) is 9.88 Å². The Balaban J connectivity index is 1.84. The predicted octanol–water partition coefficient (Wildman–Crippen LogP) is 6.38. The number of thiophene rings is 1. The topological polar surface area (TPSA) is 34.0 Å². The fraction of sp³-hybridized carbons (Fsp3) is 0.250. The second kappa shape index (κ2) is 8.13. The molecule has 0 radical (unpaired) electrons. The van der Waals surface area contributed by atoms with Crippen LogP contribution in [0.1, 0.15) is 35.5 Å². The smallest absolute Gasteiger partial charge is 0.347 e. The number of aromatic nitrogens is 1. The highest BCUT2D eigenvalue weighted by molar-refractivity contribution is 9.10. The molecule has 148 valence electrons. The van der Waals surface area contributed by atoms with Crippen LogP contribution in [-0.4, -0.2) is 10.5 Å². The van der Waals surface area contributed by atoms with Crippen LogP contribution in [0.25, 0.3) is 10.2 Å². The Kier molecular flexibility index (Phi) is 6.00. The van der Waals surface area contributed by atoms with Crippen molar-refractivity contribution >= 4 is 43.4 Å². The molecule has 0 fully saturated rings. The van der Waals surface area contributed by atoms with Crippen LogP contribution in [0.15, 0.2) is 51.8 Å². The van der Waals surface area contributed by atoms with Gasteiger partial charge in [0.25, 0.3) is 5.91 Å². The molecule has 8 heteroatoms. The number of hydrogen-bond acceptors (Lipinski definition) is 2. The first-order chi connectivity index (χ1) is 13.2. The molecule has 3 rings (SSSR count). The summed E-state index contributed by atoms with van der Waals surface area (Å²) in [6, 6.07) is 6.78. The van der Waals surface area contributed by atoms with Crippen molar-refractivity contribution in [2.45, 2.75) is 33.1 Å². The van der Waals surface area contributed by atoms with E-state index in [-0.39, 0.29) is 12.5 Å². The summed E-state index contributed by atoms with van der Waals surface area (Å²) >= 11 is 5.05. The number of hydrogen-bond donors (Lipinski definition) is 1. The number of alkyl halides is 3. The van der Waals surface area contributed by atoms with E-state index in [1.54, 1.807) is 6.07 Å². The van der Waals surface area contributed by atoms with Crippen LogP contribution in [0.3, 0.4) is 0 Å². The van der Waals surface area contributed by atoms with Crippen molar-refractivity contribution in [3.05, 3.63) is 68.7 Å². The van der Waals surface area contributed by atoms with E-state index < -0.39 is 11.7 Å². The molecule has 0 bridgehead atoms. The molecule has 2 heterocycles. The van der Waals surface area contributed by atoms with Crippen LogP contribution >= 0.6 is 27.3 Å². The summed E-state index contributed by atoms with van der Waals surface area (Å²) < 4.78 is 42.4. The van der Waals surface area contributed by atoms with Crippen molar-refractivity contribution in [3.63, 3.8) is 0 Å². The molecular weight excluding hydrogens is 453 g/mol. The molecule has 1 N–H and O–H groups in total. The lowest BCUT2D eigenvalue weighted by atomic mass is 10.1. The third-order valence-electron chi connectivity index (χ3n) is 4.20. The van der Waals surface area contributed by atoms with Crippen LogP contribution < -0.4 is 5.32 Å². The van der Waals surface area contributed by atoms with Gasteiger partial charge in [-0.3, -0.25) is 4.79 Å². The fourth-order valence-electron chi connectivity index (χ4n) is 2.81. The van der Waals surface area contributed by atoms with Crippen molar-refractivity contribution in [2.75, 3.05) is 0 Å². The van der Waals surface area contributed by atoms with Gasteiger partial charge in [0.2, 0.25) is 0 Å². The summed E-state index contributed by atoms with van der Waals surface area (Å²) in [6.07, 6.45) is -2.39. The van der Waals surface area contributed by atoms with Crippen LogP contribution in [0.5, 0.6) is 0 Å². The zero-order chi connectivity index (χ0) is 20.5. The summed E-state index contributed by atoms with van der Waals surface area (Å²) in [7, 11) is 0. The van der Waals surface area contributed by atoms with Gasteiger partial charge >= 0.3 is 6.18 Å². The molecular formula is C20H18BrF3N2OS. The minimum absolute atomic E-state index is 0.0192. The van der Waals surface area contributed by atoms with Crippen LogP contribution in [0, 0.1) is 0 Å². The van der Waals surface area contributed by atoms with Crippen LogP contribution in [0.2, 0.25) is 0 Å². The largest absolute Gasteiger partial charge is 0.416 e. The Morgan fingerprint density at radius 1 is 1.29 bits per heavy atom. The highest BCUT2D eigenvalue weighted by Crippen LogP contribution is 2.33. The van der Waals surface area contributed by atoms with E-state index in [2.05, 4.69) is 21.2 Å². The summed E-state index contributed by atoms with van der Waals surface area (Å²) in [5.41, 5.74) is 2.21. The summed E-state index contributed by atoms with van der Waals surface area (Å²) in [4.78, 5) is 12.8. The van der Waals surface area contributed by atoms with Gasteiger partial charge in [-0.1, -0.05) is 23.8 Å². The number of nitrogens with zero attached hydrogens (tertiary/aromatic N) is 1. The molecule has 0 saturated heterocycles. The number of halogens is 4. The molecule has 3 aromatic rings. The monoisotopic (exact) mass is 470 g/mol. The normalized spacial score (nSPS) is 11.6. The van der Waals surface area contributed by atoms with Gasteiger partial charge in [0.05, 0.1) is 20.3 Å². The van der Waals surface area contributed by atoms with Gasteiger partial charge in [0, 0.05) is 18.5 Å². The molecule has 2 aromatic heterocycles. The summed E-state index contributed by atoms with van der Waals surface area (Å²) in [5.74, 6) is -0.324. The van der Waals surface area contributed by atoms with Gasteiger partial charge < -0.3 is 9.88 Å². The fourth-order valence-corrected chi connectivity index (χ4v) is 4.51. The maximum absolute atomic E-state index is 12.9. The van der Waals surface area contributed by atoms with Crippen molar-refractivity contribution in [2.24, 2.45) is 0 Å². The van der Waals surface area contributed by atoms with E-state index in [0.717, 1.165) is 32.4 Å². The molecule has 3 nitrogen and oxygen atoms in total. The minimum Gasteiger partial charge on any atom is -0.347 e. The molecule has 1 aromatic carbocycles. The average molecular weight is 471 g/mol. The number of carbonyl (C=O) groups excluding carboxylic acids is 1. The minimum atomic E-state index is -4.41. The number of nitrogens with one attached hydrogen (secondary N) is 1. The number of rotatable bonds is 5. The lowest BCUT2D eigenvalue weighted by Gasteiger charge is -2.11. The lowest BCUT2D eigenvalue weighted by molar-refractivity contribution is -0.137. The quantitative estimate of drug-likeness (QED) is 0.431. The first-order valence-corrected chi connectivity index (χ1v) is 10.2. The first-order valence-electron chi connectivity index (χ1n) is 8.50. The maximum atomic E-state index is 12.9. The van der Waals surface area contributed by atoms with Gasteiger partial charge in [-0.15, -0.1) is 11.3 Å². The van der Waals surface area contributed by atoms with Crippen LogP contribution in [-0.2, 0) is 19.3 Å². The van der Waals surface area contributed by atoms with Gasteiger partial charge in [0.1, 0.15) is 5.69 Å². The number of fused-ring (bicyclic) bond motifs is 1. The highest BCUT2D eigenvalue weighted by Gasteiger charge is 2.30. The molecule has 0 unspecified atom stereocenters. The van der Waals surface area contributed by atoms with Gasteiger partial charge in [-0.25, -0.2) is 0 Å².